The number of rotatable bonds is 1. The highest BCUT2D eigenvalue weighted by Gasteiger charge is 2.23. The molecule has 0 radical (unpaired) electrons. The van der Waals surface area contributed by atoms with Gasteiger partial charge in [0, 0.05) is 22.0 Å². The molecule has 0 aliphatic carbocycles. The molecule has 0 spiro atoms. The summed E-state index contributed by atoms with van der Waals surface area (Å²) < 4.78 is 5.87. The largest absolute Gasteiger partial charge is 0.422 e. The fourth-order valence-corrected chi connectivity index (χ4v) is 3.95. The van der Waals surface area contributed by atoms with E-state index in [2.05, 4.69) is 20.8 Å². The molecule has 136 valence electrons. The number of nitrogens with two attached hydrogens (primary N) is 1. The molecule has 0 fully saturated rings. The maximum absolute atomic E-state index is 13.1. The van der Waals surface area contributed by atoms with Gasteiger partial charge in [-0.3, -0.25) is 0 Å². The van der Waals surface area contributed by atoms with E-state index in [4.69, 9.17) is 10.2 Å². The summed E-state index contributed by atoms with van der Waals surface area (Å²) in [5.74, 6) is 0. The minimum Gasteiger partial charge on any atom is -0.422 e. The Morgan fingerprint density at radius 2 is 1.35 bits per heavy atom. The lowest BCUT2D eigenvalue weighted by Gasteiger charge is -2.20. The van der Waals surface area contributed by atoms with Crippen molar-refractivity contribution in [2.45, 2.75) is 55.4 Å². The average molecular weight is 349 g/mol. The molecule has 0 bridgehead atoms. The van der Waals surface area contributed by atoms with Crippen LogP contribution in [0, 0.1) is 41.5 Å². The van der Waals surface area contributed by atoms with Crippen molar-refractivity contribution >= 4 is 33.0 Å². The molecule has 2 aromatic carbocycles. The predicted octanol–water partition coefficient (Wildman–Crippen LogP) is 5.80. The fourth-order valence-electron chi connectivity index (χ4n) is 3.95. The van der Waals surface area contributed by atoms with Gasteiger partial charge in [0.2, 0.25) is 0 Å². The molecule has 26 heavy (non-hydrogen) atoms. The van der Waals surface area contributed by atoms with E-state index in [0.29, 0.717) is 16.7 Å². The monoisotopic (exact) mass is 349 g/mol. The second-order valence-electron chi connectivity index (χ2n) is 7.35. The van der Waals surface area contributed by atoms with Crippen LogP contribution in [0.25, 0.3) is 27.3 Å². The number of benzene rings is 2. The van der Waals surface area contributed by atoms with Crippen LogP contribution in [0.4, 0.5) is 5.69 Å². The van der Waals surface area contributed by atoms with E-state index in [1.807, 2.05) is 40.7 Å². The van der Waals surface area contributed by atoms with Crippen LogP contribution in [0.1, 0.15) is 52.8 Å². The third-order valence-corrected chi connectivity index (χ3v) is 6.22. The fraction of sp³-hybridized carbons (Fsp3) is 0.348. The van der Waals surface area contributed by atoms with Gasteiger partial charge in [-0.25, -0.2) is 4.79 Å². The van der Waals surface area contributed by atoms with Crippen molar-refractivity contribution in [1.82, 2.24) is 0 Å². The van der Waals surface area contributed by atoms with Gasteiger partial charge in [0.05, 0.1) is 5.39 Å². The smallest absolute Gasteiger partial charge is 0.344 e. The van der Waals surface area contributed by atoms with Gasteiger partial charge in [0.1, 0.15) is 5.58 Å². The lowest BCUT2D eigenvalue weighted by atomic mass is 9.86. The first-order valence-electron chi connectivity index (χ1n) is 9.02. The Morgan fingerprint density at radius 1 is 0.808 bits per heavy atom. The van der Waals surface area contributed by atoms with Gasteiger partial charge < -0.3 is 10.2 Å². The van der Waals surface area contributed by atoms with Crippen molar-refractivity contribution in [3.63, 3.8) is 0 Å². The predicted molar refractivity (Wildman–Crippen MR) is 112 cm³/mol. The molecule has 0 atom stereocenters. The Morgan fingerprint density at radius 3 is 1.92 bits per heavy atom. The highest BCUT2D eigenvalue weighted by molar-refractivity contribution is 6.14. The van der Waals surface area contributed by atoms with Crippen LogP contribution in [0.15, 0.2) is 15.3 Å². The first-order valence-corrected chi connectivity index (χ1v) is 9.02. The first-order chi connectivity index (χ1) is 12.1. The van der Waals surface area contributed by atoms with Crippen LogP contribution < -0.4 is 11.4 Å². The molecule has 3 nitrogen and oxygen atoms in total. The van der Waals surface area contributed by atoms with Crippen LogP contribution in [0.3, 0.4) is 0 Å². The van der Waals surface area contributed by atoms with Crippen molar-refractivity contribution in [3.8, 4) is 0 Å². The lowest BCUT2D eigenvalue weighted by Crippen LogP contribution is -2.10. The molecule has 1 heterocycles. The third kappa shape index (κ3) is 2.23. The first kappa shape index (κ1) is 18.2. The SMILES string of the molecule is C/C=C(\C)c1c(N)c(C)c(C)c2c1c(=O)oc1c(C)c(C)c(C)c(C)c12. The third-order valence-electron chi connectivity index (χ3n) is 6.22. The molecule has 3 heteroatoms. The number of hydrogen-bond acceptors (Lipinski definition) is 3. The zero-order chi connectivity index (χ0) is 19.5. The highest BCUT2D eigenvalue weighted by atomic mass is 16.4. The zero-order valence-electron chi connectivity index (χ0n) is 17.0. The van der Waals surface area contributed by atoms with E-state index in [-0.39, 0.29) is 5.63 Å². The van der Waals surface area contributed by atoms with Gasteiger partial charge >= 0.3 is 5.63 Å². The summed E-state index contributed by atoms with van der Waals surface area (Å²) in [4.78, 5) is 13.1. The number of fused-ring (bicyclic) bond motifs is 3. The van der Waals surface area contributed by atoms with Crippen LogP contribution in [-0.2, 0) is 0 Å². The number of allylic oxidation sites excluding steroid dienone is 2. The van der Waals surface area contributed by atoms with Gasteiger partial charge in [0.15, 0.2) is 0 Å². The quantitative estimate of drug-likeness (QED) is 0.343. The molecule has 0 aliphatic heterocycles. The van der Waals surface area contributed by atoms with Gasteiger partial charge in [-0.2, -0.15) is 0 Å². The van der Waals surface area contributed by atoms with Gasteiger partial charge in [-0.05, 0) is 94.3 Å². The second-order valence-corrected chi connectivity index (χ2v) is 7.35. The molecular weight excluding hydrogens is 322 g/mol. The Kier molecular flexibility index (Phi) is 4.22. The standard InChI is InChI=1S/C23H27NO2/c1-9-10(2)17-20-18(14(6)15(7)21(17)24)19-13(5)11(3)12(4)16(8)22(19)26-23(20)25/h9H,24H2,1-8H3/b10-9+. The van der Waals surface area contributed by atoms with Crippen LogP contribution >= 0.6 is 0 Å². The molecule has 1 aromatic heterocycles. The lowest BCUT2D eigenvalue weighted by molar-refractivity contribution is 0.566. The summed E-state index contributed by atoms with van der Waals surface area (Å²) in [6.07, 6.45) is 1.99. The molecule has 0 saturated heterocycles. The Bertz CT molecular complexity index is 1180. The summed E-state index contributed by atoms with van der Waals surface area (Å²) >= 11 is 0. The van der Waals surface area contributed by atoms with E-state index in [1.54, 1.807) is 0 Å². The number of aryl methyl sites for hydroxylation is 3. The molecule has 0 aliphatic rings. The Balaban J connectivity index is 2.84. The second kappa shape index (κ2) is 6.01. The van der Waals surface area contributed by atoms with Crippen molar-refractivity contribution in [2.75, 3.05) is 5.73 Å². The van der Waals surface area contributed by atoms with Crippen molar-refractivity contribution in [3.05, 3.63) is 55.4 Å². The molecule has 3 rings (SSSR count). The normalized spacial score (nSPS) is 12.4. The van der Waals surface area contributed by atoms with Gasteiger partial charge in [-0.15, -0.1) is 0 Å². The van der Waals surface area contributed by atoms with E-state index < -0.39 is 0 Å². The van der Waals surface area contributed by atoms with Gasteiger partial charge in [-0.1, -0.05) is 6.08 Å². The summed E-state index contributed by atoms with van der Waals surface area (Å²) in [5, 5.41) is 2.60. The topological polar surface area (TPSA) is 56.2 Å². The Hall–Kier alpha value is -2.55. The summed E-state index contributed by atoms with van der Waals surface area (Å²) in [6.45, 7) is 16.4. The van der Waals surface area contributed by atoms with Gasteiger partial charge in [0.25, 0.3) is 0 Å². The maximum atomic E-state index is 13.1. The number of anilines is 1. The highest BCUT2D eigenvalue weighted by Crippen LogP contribution is 2.40. The molecule has 2 N–H and O–H groups in total. The van der Waals surface area contributed by atoms with Crippen molar-refractivity contribution in [2.24, 2.45) is 0 Å². The average Bonchev–Trinajstić information content (AvgIpc) is 2.62. The van der Waals surface area contributed by atoms with E-state index in [0.717, 1.165) is 44.2 Å². The molecular formula is C23H27NO2. The van der Waals surface area contributed by atoms with Crippen LogP contribution in [0.2, 0.25) is 0 Å². The van der Waals surface area contributed by atoms with Crippen molar-refractivity contribution < 1.29 is 4.42 Å². The molecule has 0 saturated carbocycles. The van der Waals surface area contributed by atoms with E-state index in [1.165, 1.54) is 11.1 Å². The minimum absolute atomic E-state index is 0.316. The summed E-state index contributed by atoms with van der Waals surface area (Å²) in [7, 11) is 0. The summed E-state index contributed by atoms with van der Waals surface area (Å²) in [5.41, 5.74) is 15.9. The zero-order valence-corrected chi connectivity index (χ0v) is 17.0. The number of nitrogen functional groups attached to an aromatic ring is 1. The molecule has 0 unspecified atom stereocenters. The van der Waals surface area contributed by atoms with Crippen molar-refractivity contribution in [1.29, 1.82) is 0 Å². The number of hydrogen-bond donors (Lipinski definition) is 1. The maximum Gasteiger partial charge on any atom is 0.344 e. The van der Waals surface area contributed by atoms with E-state index in [9.17, 15) is 4.79 Å². The van der Waals surface area contributed by atoms with Crippen LogP contribution in [-0.4, -0.2) is 0 Å². The minimum atomic E-state index is -0.316. The summed E-state index contributed by atoms with van der Waals surface area (Å²) in [6, 6.07) is 0. The Labute approximate surface area is 154 Å². The molecule has 3 aromatic rings. The van der Waals surface area contributed by atoms with Crippen LogP contribution in [0.5, 0.6) is 0 Å². The van der Waals surface area contributed by atoms with E-state index >= 15 is 0 Å². The molecule has 0 amide bonds.